The Morgan fingerprint density at radius 1 is 1.42 bits per heavy atom. The molecule has 0 radical (unpaired) electrons. The molecule has 0 aliphatic heterocycles. The minimum Gasteiger partial charge on any atom is -0.497 e. The lowest BCUT2D eigenvalue weighted by Gasteiger charge is -2.08. The molecule has 3 aromatic rings. The molecule has 4 rings (SSSR count). The number of aromatic nitrogens is 3. The molecule has 1 saturated carbocycles. The molecule has 0 saturated heterocycles. The smallest absolute Gasteiger partial charge is 0.259 e. The summed E-state index contributed by atoms with van der Waals surface area (Å²) in [6.45, 7) is 0.155. The molecule has 124 valence electrons. The Morgan fingerprint density at radius 2 is 2.21 bits per heavy atom. The molecule has 1 aromatic carbocycles. The Kier molecular flexibility index (Phi) is 3.19. The number of aromatic amines is 1. The van der Waals surface area contributed by atoms with Gasteiger partial charge in [-0.15, -0.1) is 0 Å². The third-order valence-corrected chi connectivity index (χ3v) is 4.38. The van der Waals surface area contributed by atoms with Crippen molar-refractivity contribution in [2.24, 2.45) is 5.92 Å². The van der Waals surface area contributed by atoms with Crippen LogP contribution in [-0.2, 0) is 6.54 Å². The molecule has 1 aliphatic rings. The molecule has 2 heterocycles. The summed E-state index contributed by atoms with van der Waals surface area (Å²) in [7, 11) is 1.55. The first-order valence-corrected chi connectivity index (χ1v) is 7.58. The topological polar surface area (TPSA) is 59.9 Å². The lowest BCUT2D eigenvalue weighted by Crippen LogP contribution is -2.13. The first kappa shape index (κ1) is 14.9. The molecule has 1 unspecified atom stereocenters. The molecule has 2 aromatic heterocycles. The Balaban J connectivity index is 1.76. The van der Waals surface area contributed by atoms with Gasteiger partial charge in [-0.1, -0.05) is 0 Å². The predicted molar refractivity (Wildman–Crippen MR) is 85.4 cm³/mol. The van der Waals surface area contributed by atoms with Gasteiger partial charge in [0.05, 0.1) is 18.2 Å². The van der Waals surface area contributed by atoms with Gasteiger partial charge < -0.3 is 14.3 Å². The first-order chi connectivity index (χ1) is 11.5. The fourth-order valence-corrected chi connectivity index (χ4v) is 2.88. The third-order valence-electron chi connectivity index (χ3n) is 4.38. The van der Waals surface area contributed by atoms with Crippen LogP contribution in [0.2, 0.25) is 0 Å². The van der Waals surface area contributed by atoms with Crippen molar-refractivity contribution in [3.8, 4) is 17.1 Å². The molecule has 5 nitrogen and oxygen atoms in total. The Morgan fingerprint density at radius 3 is 2.92 bits per heavy atom. The molecule has 1 aliphatic carbocycles. The van der Waals surface area contributed by atoms with Crippen LogP contribution in [0, 0.1) is 5.92 Å². The van der Waals surface area contributed by atoms with Crippen LogP contribution in [-0.4, -0.2) is 27.6 Å². The normalized spacial score (nSPS) is 18.7. The number of fused-ring (bicyclic) bond motifs is 1. The van der Waals surface area contributed by atoms with E-state index in [-0.39, 0.29) is 18.5 Å². The maximum atomic E-state index is 13.2. The van der Waals surface area contributed by atoms with Crippen molar-refractivity contribution >= 4 is 10.9 Å². The molecule has 0 amide bonds. The zero-order valence-corrected chi connectivity index (χ0v) is 12.9. The highest BCUT2D eigenvalue weighted by molar-refractivity contribution is 5.83. The van der Waals surface area contributed by atoms with E-state index in [1.54, 1.807) is 36.1 Å². The van der Waals surface area contributed by atoms with Gasteiger partial charge in [-0.05, 0) is 23.6 Å². The second kappa shape index (κ2) is 5.15. The number of halogens is 2. The van der Waals surface area contributed by atoms with Crippen LogP contribution in [0.1, 0.15) is 6.42 Å². The second-order valence-electron chi connectivity index (χ2n) is 6.03. The Labute approximate surface area is 135 Å². The van der Waals surface area contributed by atoms with Gasteiger partial charge in [0.2, 0.25) is 0 Å². The van der Waals surface area contributed by atoms with Crippen LogP contribution in [0.15, 0.2) is 41.5 Å². The van der Waals surface area contributed by atoms with Gasteiger partial charge >= 0.3 is 0 Å². The van der Waals surface area contributed by atoms with Crippen molar-refractivity contribution in [1.29, 1.82) is 0 Å². The number of H-pyrrole nitrogens is 1. The van der Waals surface area contributed by atoms with Crippen molar-refractivity contribution in [3.05, 3.63) is 47.0 Å². The molecule has 0 bridgehead atoms. The monoisotopic (exact) mass is 331 g/mol. The highest BCUT2D eigenvalue weighted by atomic mass is 19.3. The SMILES string of the molecule is COc1ccc2cc(-c3nccn3CC3CC3(F)F)c(=O)[nH]c2c1. The number of alkyl halides is 2. The Bertz CT molecular complexity index is 977. The number of hydrogen-bond donors (Lipinski definition) is 1. The van der Waals surface area contributed by atoms with Crippen LogP contribution >= 0.6 is 0 Å². The lowest BCUT2D eigenvalue weighted by molar-refractivity contribution is 0.0952. The summed E-state index contributed by atoms with van der Waals surface area (Å²) < 4.78 is 33.1. The number of pyridine rings is 1. The van der Waals surface area contributed by atoms with E-state index >= 15 is 0 Å². The van der Waals surface area contributed by atoms with E-state index in [0.29, 0.717) is 22.7 Å². The second-order valence-corrected chi connectivity index (χ2v) is 6.03. The van der Waals surface area contributed by atoms with Gasteiger partial charge in [0.25, 0.3) is 11.5 Å². The number of benzene rings is 1. The summed E-state index contributed by atoms with van der Waals surface area (Å²) in [5.41, 5.74) is 0.697. The highest BCUT2D eigenvalue weighted by Crippen LogP contribution is 2.49. The number of imidazole rings is 1. The van der Waals surface area contributed by atoms with E-state index in [2.05, 4.69) is 9.97 Å². The predicted octanol–water partition coefficient (Wildman–Crippen LogP) is 3.06. The maximum absolute atomic E-state index is 13.2. The van der Waals surface area contributed by atoms with Gasteiger partial charge in [0.15, 0.2) is 0 Å². The zero-order valence-electron chi connectivity index (χ0n) is 12.9. The molecule has 24 heavy (non-hydrogen) atoms. The fourth-order valence-electron chi connectivity index (χ4n) is 2.88. The minimum atomic E-state index is -2.60. The maximum Gasteiger partial charge on any atom is 0.259 e. The van der Waals surface area contributed by atoms with E-state index < -0.39 is 11.8 Å². The third kappa shape index (κ3) is 2.46. The Hall–Kier alpha value is -2.70. The summed E-state index contributed by atoms with van der Waals surface area (Å²) in [6.07, 6.45) is 3.04. The molecule has 1 fully saturated rings. The van der Waals surface area contributed by atoms with Crippen LogP contribution in [0.3, 0.4) is 0 Å². The van der Waals surface area contributed by atoms with Crippen LogP contribution < -0.4 is 10.3 Å². The molecular weight excluding hydrogens is 316 g/mol. The van der Waals surface area contributed by atoms with Gasteiger partial charge in [-0.25, -0.2) is 13.8 Å². The van der Waals surface area contributed by atoms with E-state index in [4.69, 9.17) is 4.74 Å². The van der Waals surface area contributed by atoms with Crippen molar-refractivity contribution in [3.63, 3.8) is 0 Å². The summed E-state index contributed by atoms with van der Waals surface area (Å²) in [6, 6.07) is 7.08. The molecule has 7 heteroatoms. The minimum absolute atomic E-state index is 0.113. The molecule has 1 atom stereocenters. The largest absolute Gasteiger partial charge is 0.497 e. The number of nitrogens with one attached hydrogen (secondary N) is 1. The molecule has 1 N–H and O–H groups in total. The fraction of sp³-hybridized carbons (Fsp3) is 0.294. The van der Waals surface area contributed by atoms with Gasteiger partial charge in [-0.3, -0.25) is 4.79 Å². The summed E-state index contributed by atoms with van der Waals surface area (Å²) >= 11 is 0. The van der Waals surface area contributed by atoms with Crippen LogP contribution in [0.25, 0.3) is 22.3 Å². The summed E-state index contributed by atoms with van der Waals surface area (Å²) in [5, 5.41) is 0.816. The van der Waals surface area contributed by atoms with Gasteiger partial charge in [-0.2, -0.15) is 0 Å². The highest BCUT2D eigenvalue weighted by Gasteiger charge is 2.56. The van der Waals surface area contributed by atoms with Crippen molar-refractivity contribution in [2.75, 3.05) is 7.11 Å². The number of methoxy groups -OCH3 is 1. The standard InChI is InChI=1S/C17H15F2N3O2/c1-24-12-3-2-10-6-13(16(23)21-14(10)7-12)15-20-4-5-22(15)9-11-8-17(11,18)19/h2-7,11H,8-9H2,1H3,(H,21,23). The molecular formula is C17H15F2N3O2. The van der Waals surface area contributed by atoms with E-state index in [9.17, 15) is 13.6 Å². The van der Waals surface area contributed by atoms with Crippen LogP contribution in [0.5, 0.6) is 5.75 Å². The number of rotatable bonds is 4. The molecule has 0 spiro atoms. The van der Waals surface area contributed by atoms with Crippen LogP contribution in [0.4, 0.5) is 8.78 Å². The summed E-state index contributed by atoms with van der Waals surface area (Å²) in [4.78, 5) is 19.4. The lowest BCUT2D eigenvalue weighted by atomic mass is 10.1. The number of nitrogens with zero attached hydrogens (tertiary/aromatic N) is 2. The van der Waals surface area contributed by atoms with E-state index in [1.807, 2.05) is 6.07 Å². The zero-order chi connectivity index (χ0) is 16.9. The average molecular weight is 331 g/mol. The number of ether oxygens (including phenoxy) is 1. The quantitative estimate of drug-likeness (QED) is 0.799. The first-order valence-electron chi connectivity index (χ1n) is 7.58. The van der Waals surface area contributed by atoms with Gasteiger partial charge in [0.1, 0.15) is 11.6 Å². The van der Waals surface area contributed by atoms with Crippen molar-refractivity contribution in [1.82, 2.24) is 14.5 Å². The van der Waals surface area contributed by atoms with E-state index in [0.717, 1.165) is 5.39 Å². The van der Waals surface area contributed by atoms with Gasteiger partial charge in [0, 0.05) is 37.3 Å². The number of hydrogen-bond acceptors (Lipinski definition) is 3. The van der Waals surface area contributed by atoms with Crippen molar-refractivity contribution < 1.29 is 13.5 Å². The van der Waals surface area contributed by atoms with E-state index in [1.165, 1.54) is 6.20 Å². The average Bonchev–Trinajstić information content (AvgIpc) is 2.94. The van der Waals surface area contributed by atoms with Crippen molar-refractivity contribution in [2.45, 2.75) is 18.9 Å². The summed E-state index contributed by atoms with van der Waals surface area (Å²) in [5.74, 6) is -2.25.